The van der Waals surface area contributed by atoms with E-state index >= 15 is 0 Å². The molecule has 0 unspecified atom stereocenters. The molecule has 162 valence electrons. The molecule has 0 bridgehead atoms. The normalized spacial score (nSPS) is 15.3. The van der Waals surface area contributed by atoms with Crippen LogP contribution in [0.15, 0.2) is 48.5 Å². The largest absolute Gasteiger partial charge is 0.405 e. The maximum Gasteiger partial charge on any atom is 0.405 e. The molecule has 2 aromatic carbocycles. The number of benzene rings is 2. The number of likely N-dealkylation sites (tertiary alicyclic amines) is 1. The van der Waals surface area contributed by atoms with Gasteiger partial charge in [0.05, 0.1) is 0 Å². The third kappa shape index (κ3) is 4.87. The van der Waals surface area contributed by atoms with Gasteiger partial charge in [0, 0.05) is 30.3 Å². The number of H-pyrrole nitrogens is 1. The summed E-state index contributed by atoms with van der Waals surface area (Å²) in [5.74, 6) is -0.845. The Morgan fingerprint density at radius 2 is 1.77 bits per heavy atom. The Balaban J connectivity index is 1.35. The lowest BCUT2D eigenvalue weighted by atomic mass is 9.93. The van der Waals surface area contributed by atoms with Crippen LogP contribution in [0.4, 0.5) is 13.2 Å². The Kier molecular flexibility index (Phi) is 5.67. The van der Waals surface area contributed by atoms with E-state index in [1.807, 2.05) is 47.8 Å². The maximum atomic E-state index is 12.9. The van der Waals surface area contributed by atoms with Gasteiger partial charge in [-0.15, -0.1) is 0 Å². The van der Waals surface area contributed by atoms with Crippen molar-refractivity contribution in [1.29, 1.82) is 0 Å². The minimum Gasteiger partial charge on any atom is -0.342 e. The van der Waals surface area contributed by atoms with Crippen LogP contribution in [0.1, 0.15) is 45.3 Å². The Morgan fingerprint density at radius 1 is 1.06 bits per heavy atom. The second-order valence-electron chi connectivity index (χ2n) is 7.63. The number of hydrogen-bond acceptors (Lipinski definition) is 3. The van der Waals surface area contributed by atoms with Gasteiger partial charge in [0.2, 0.25) is 0 Å². The average Bonchev–Trinajstić information content (AvgIpc) is 3.27. The van der Waals surface area contributed by atoms with E-state index < -0.39 is 18.6 Å². The Morgan fingerprint density at radius 3 is 2.48 bits per heavy atom. The van der Waals surface area contributed by atoms with Crippen molar-refractivity contribution in [2.24, 2.45) is 0 Å². The zero-order valence-corrected chi connectivity index (χ0v) is 16.6. The molecule has 2 heterocycles. The first-order valence-corrected chi connectivity index (χ1v) is 9.98. The summed E-state index contributed by atoms with van der Waals surface area (Å²) in [7, 11) is 0. The molecule has 2 amide bonds. The van der Waals surface area contributed by atoms with Crippen LogP contribution in [0.2, 0.25) is 0 Å². The van der Waals surface area contributed by atoms with Crippen LogP contribution in [0.3, 0.4) is 0 Å². The summed E-state index contributed by atoms with van der Waals surface area (Å²) in [6, 6.07) is 15.0. The molecule has 9 heteroatoms. The monoisotopic (exact) mass is 430 g/mol. The van der Waals surface area contributed by atoms with Crippen molar-refractivity contribution >= 4 is 22.6 Å². The molecule has 4 rings (SSSR count). The number of alkyl halides is 3. The van der Waals surface area contributed by atoms with Crippen LogP contribution in [0.5, 0.6) is 0 Å². The van der Waals surface area contributed by atoms with Crippen LogP contribution in [0, 0.1) is 0 Å². The molecule has 2 N–H and O–H groups in total. The fraction of sp³-hybridized carbons (Fsp3) is 0.318. The number of nitrogens with zero attached hydrogens (tertiary/aromatic N) is 2. The van der Waals surface area contributed by atoms with Crippen LogP contribution < -0.4 is 5.32 Å². The van der Waals surface area contributed by atoms with Gasteiger partial charge in [-0.1, -0.05) is 30.3 Å². The summed E-state index contributed by atoms with van der Waals surface area (Å²) in [4.78, 5) is 26.5. The highest BCUT2D eigenvalue weighted by Crippen LogP contribution is 2.28. The molecule has 0 spiro atoms. The van der Waals surface area contributed by atoms with E-state index in [1.54, 1.807) is 4.90 Å². The zero-order chi connectivity index (χ0) is 22.0. The predicted molar refractivity (Wildman–Crippen MR) is 109 cm³/mol. The molecule has 0 atom stereocenters. The van der Waals surface area contributed by atoms with Gasteiger partial charge in [-0.3, -0.25) is 14.7 Å². The molecule has 1 aromatic heterocycles. The van der Waals surface area contributed by atoms with Crippen molar-refractivity contribution in [1.82, 2.24) is 20.4 Å². The van der Waals surface area contributed by atoms with Crippen LogP contribution in [0.25, 0.3) is 10.8 Å². The average molecular weight is 430 g/mol. The second-order valence-corrected chi connectivity index (χ2v) is 7.63. The van der Waals surface area contributed by atoms with Gasteiger partial charge in [-0.2, -0.15) is 18.3 Å². The number of fused-ring (bicyclic) bond motifs is 1. The van der Waals surface area contributed by atoms with Crippen molar-refractivity contribution in [2.75, 3.05) is 19.6 Å². The van der Waals surface area contributed by atoms with E-state index in [-0.39, 0.29) is 17.5 Å². The summed E-state index contributed by atoms with van der Waals surface area (Å²) in [5, 5.41) is 10.5. The summed E-state index contributed by atoms with van der Waals surface area (Å²) in [6.45, 7) is -0.306. The van der Waals surface area contributed by atoms with E-state index in [0.717, 1.165) is 10.8 Å². The number of hydrogen-bond donors (Lipinski definition) is 2. The number of halogens is 3. The number of piperidine rings is 1. The molecule has 6 nitrogen and oxygen atoms in total. The smallest absolute Gasteiger partial charge is 0.342 e. The first-order valence-electron chi connectivity index (χ1n) is 9.98. The van der Waals surface area contributed by atoms with E-state index in [1.165, 1.54) is 6.07 Å². The van der Waals surface area contributed by atoms with Gasteiger partial charge >= 0.3 is 6.18 Å². The van der Waals surface area contributed by atoms with Gasteiger partial charge in [-0.25, -0.2) is 0 Å². The fourth-order valence-corrected chi connectivity index (χ4v) is 3.83. The van der Waals surface area contributed by atoms with Crippen molar-refractivity contribution in [2.45, 2.75) is 24.9 Å². The van der Waals surface area contributed by atoms with Gasteiger partial charge in [0.15, 0.2) is 0 Å². The summed E-state index contributed by atoms with van der Waals surface area (Å²) in [5.41, 5.74) is 1.26. The summed E-state index contributed by atoms with van der Waals surface area (Å²) >= 11 is 0. The lowest BCUT2D eigenvalue weighted by Gasteiger charge is -2.31. The van der Waals surface area contributed by atoms with Crippen molar-refractivity contribution in [3.05, 3.63) is 65.5 Å². The highest BCUT2D eigenvalue weighted by atomic mass is 19.4. The molecule has 0 saturated carbocycles. The third-order valence-electron chi connectivity index (χ3n) is 5.50. The quantitative estimate of drug-likeness (QED) is 0.660. The molecule has 1 saturated heterocycles. The molecule has 1 aliphatic rings. The molecule has 1 fully saturated rings. The second kappa shape index (κ2) is 8.41. The first-order chi connectivity index (χ1) is 14.8. The zero-order valence-electron chi connectivity index (χ0n) is 16.6. The van der Waals surface area contributed by atoms with Gasteiger partial charge in [0.25, 0.3) is 11.8 Å². The fourth-order valence-electron chi connectivity index (χ4n) is 3.83. The standard InChI is InChI=1S/C22H21F3N4O2/c23-22(24,25)13-26-20(30)19-12-18(27-28-19)15-7-9-29(10-8-15)21(31)17-6-5-14-3-1-2-4-16(14)11-17/h1-6,11-12,15H,7-10,13H2,(H,26,30)(H,27,28). The molecular formula is C22H21F3N4O2. The number of aromatic amines is 1. The topological polar surface area (TPSA) is 78.1 Å². The lowest BCUT2D eigenvalue weighted by molar-refractivity contribution is -0.123. The van der Waals surface area contributed by atoms with E-state index in [4.69, 9.17) is 0 Å². The van der Waals surface area contributed by atoms with Crippen LogP contribution in [-0.4, -0.2) is 52.7 Å². The van der Waals surface area contributed by atoms with Gasteiger partial charge in [-0.05, 0) is 41.8 Å². The molecule has 3 aromatic rings. The minimum absolute atomic E-state index is 0.0268. The molecular weight excluding hydrogens is 409 g/mol. The van der Waals surface area contributed by atoms with Crippen molar-refractivity contribution in [3.8, 4) is 0 Å². The van der Waals surface area contributed by atoms with E-state index in [2.05, 4.69) is 10.2 Å². The lowest BCUT2D eigenvalue weighted by Crippen LogP contribution is -2.38. The van der Waals surface area contributed by atoms with E-state index in [9.17, 15) is 22.8 Å². The Hall–Kier alpha value is -3.36. The summed E-state index contributed by atoms with van der Waals surface area (Å²) in [6.07, 6.45) is -3.13. The third-order valence-corrected chi connectivity index (χ3v) is 5.50. The highest BCUT2D eigenvalue weighted by Gasteiger charge is 2.29. The molecule has 31 heavy (non-hydrogen) atoms. The number of rotatable bonds is 4. The van der Waals surface area contributed by atoms with Gasteiger partial charge < -0.3 is 10.2 Å². The number of nitrogens with one attached hydrogen (secondary N) is 2. The van der Waals surface area contributed by atoms with Crippen LogP contribution >= 0.6 is 0 Å². The van der Waals surface area contributed by atoms with Crippen LogP contribution in [-0.2, 0) is 0 Å². The number of amides is 2. The summed E-state index contributed by atoms with van der Waals surface area (Å²) < 4.78 is 36.8. The van der Waals surface area contributed by atoms with E-state index in [0.29, 0.717) is 37.2 Å². The number of carbonyl (C=O) groups is 2. The Bertz CT molecular complexity index is 1100. The SMILES string of the molecule is O=C(NCC(F)(F)F)c1cc(C2CCN(C(=O)c3ccc4ccccc4c3)CC2)[nH]n1. The predicted octanol–water partition coefficient (Wildman–Crippen LogP) is 3.87. The van der Waals surface area contributed by atoms with Crippen molar-refractivity contribution < 1.29 is 22.8 Å². The number of carbonyl (C=O) groups excluding carboxylic acids is 2. The van der Waals surface area contributed by atoms with Crippen molar-refractivity contribution in [3.63, 3.8) is 0 Å². The molecule has 0 aliphatic carbocycles. The number of aromatic nitrogens is 2. The maximum absolute atomic E-state index is 12.9. The highest BCUT2D eigenvalue weighted by molar-refractivity contribution is 5.98. The Labute approximate surface area is 176 Å². The first kappa shape index (κ1) is 20.9. The van der Waals surface area contributed by atoms with Gasteiger partial charge in [0.1, 0.15) is 12.2 Å². The molecule has 0 radical (unpaired) electrons. The molecule has 1 aliphatic heterocycles. The minimum atomic E-state index is -4.47.